The quantitative estimate of drug-likeness (QED) is 0.558. The predicted octanol–water partition coefficient (Wildman–Crippen LogP) is 1.89. The largest absolute Gasteiger partial charge is 0.274 e. The maximum atomic E-state index is 11.8. The standard InChI is InChI=1S/C13H13NO2/c1-2-11-8-12(15)14(13(11)16)9-10-6-4-3-5-7-10/h2-7H,8-9H2,1H3/b11-2+. The number of nitrogens with zero attached hydrogens (tertiary/aromatic N) is 1. The molecule has 2 rings (SSSR count). The second-order valence-corrected chi connectivity index (χ2v) is 3.76. The van der Waals surface area contributed by atoms with Gasteiger partial charge in [0.1, 0.15) is 0 Å². The van der Waals surface area contributed by atoms with Gasteiger partial charge in [0.15, 0.2) is 0 Å². The van der Waals surface area contributed by atoms with Gasteiger partial charge in [-0.25, -0.2) is 0 Å². The molecule has 0 radical (unpaired) electrons. The first-order valence-corrected chi connectivity index (χ1v) is 5.26. The molecule has 16 heavy (non-hydrogen) atoms. The Bertz CT molecular complexity index is 448. The number of hydrogen-bond acceptors (Lipinski definition) is 2. The first-order chi connectivity index (χ1) is 7.72. The van der Waals surface area contributed by atoms with Gasteiger partial charge in [0.25, 0.3) is 5.91 Å². The van der Waals surface area contributed by atoms with Crippen molar-refractivity contribution < 1.29 is 9.59 Å². The van der Waals surface area contributed by atoms with Gasteiger partial charge in [-0.3, -0.25) is 14.5 Å². The van der Waals surface area contributed by atoms with Crippen LogP contribution in [-0.4, -0.2) is 16.7 Å². The van der Waals surface area contributed by atoms with Gasteiger partial charge in [-0.15, -0.1) is 0 Å². The van der Waals surface area contributed by atoms with Crippen LogP contribution in [0.3, 0.4) is 0 Å². The summed E-state index contributed by atoms with van der Waals surface area (Å²) in [4.78, 5) is 24.7. The number of hydrogen-bond donors (Lipinski definition) is 0. The molecular weight excluding hydrogens is 202 g/mol. The Hall–Kier alpha value is -1.90. The predicted molar refractivity (Wildman–Crippen MR) is 60.4 cm³/mol. The second-order valence-electron chi connectivity index (χ2n) is 3.76. The fourth-order valence-corrected chi connectivity index (χ4v) is 1.77. The van der Waals surface area contributed by atoms with Gasteiger partial charge in [-0.05, 0) is 12.5 Å². The van der Waals surface area contributed by atoms with Crippen LogP contribution in [0, 0.1) is 0 Å². The number of imide groups is 1. The third-order valence-electron chi connectivity index (χ3n) is 2.69. The number of carbonyl (C=O) groups is 2. The van der Waals surface area contributed by atoms with Gasteiger partial charge in [0.2, 0.25) is 5.91 Å². The molecule has 0 saturated carbocycles. The maximum absolute atomic E-state index is 11.8. The van der Waals surface area contributed by atoms with E-state index in [0.29, 0.717) is 12.1 Å². The molecule has 1 aromatic carbocycles. The fourth-order valence-electron chi connectivity index (χ4n) is 1.77. The monoisotopic (exact) mass is 215 g/mol. The van der Waals surface area contributed by atoms with Crippen molar-refractivity contribution in [3.8, 4) is 0 Å². The summed E-state index contributed by atoms with van der Waals surface area (Å²) < 4.78 is 0. The number of allylic oxidation sites excluding steroid dienone is 1. The van der Waals surface area contributed by atoms with Crippen molar-refractivity contribution in [3.63, 3.8) is 0 Å². The number of rotatable bonds is 2. The van der Waals surface area contributed by atoms with E-state index in [9.17, 15) is 9.59 Å². The van der Waals surface area contributed by atoms with E-state index in [0.717, 1.165) is 5.56 Å². The molecule has 1 saturated heterocycles. The lowest BCUT2D eigenvalue weighted by atomic mass is 10.2. The Balaban J connectivity index is 2.17. The van der Waals surface area contributed by atoms with E-state index in [1.165, 1.54) is 4.90 Å². The molecule has 1 aliphatic heterocycles. The first kappa shape index (κ1) is 10.6. The van der Waals surface area contributed by atoms with Crippen molar-refractivity contribution >= 4 is 11.8 Å². The van der Waals surface area contributed by atoms with Crippen LogP contribution >= 0.6 is 0 Å². The molecule has 0 aromatic heterocycles. The van der Waals surface area contributed by atoms with E-state index in [-0.39, 0.29) is 18.2 Å². The molecule has 3 heteroatoms. The Kier molecular flexibility index (Phi) is 2.86. The highest BCUT2D eigenvalue weighted by Gasteiger charge is 2.32. The number of likely N-dealkylation sites (tertiary alicyclic amines) is 1. The van der Waals surface area contributed by atoms with Gasteiger partial charge in [0.05, 0.1) is 13.0 Å². The molecule has 0 unspecified atom stereocenters. The number of benzene rings is 1. The maximum Gasteiger partial charge on any atom is 0.256 e. The Labute approximate surface area is 94.4 Å². The van der Waals surface area contributed by atoms with Crippen LogP contribution in [0.1, 0.15) is 18.9 Å². The van der Waals surface area contributed by atoms with E-state index < -0.39 is 0 Å². The summed E-state index contributed by atoms with van der Waals surface area (Å²) in [6, 6.07) is 9.53. The van der Waals surface area contributed by atoms with E-state index in [2.05, 4.69) is 0 Å². The van der Waals surface area contributed by atoms with Gasteiger partial charge >= 0.3 is 0 Å². The zero-order valence-electron chi connectivity index (χ0n) is 9.14. The number of amides is 2. The third-order valence-corrected chi connectivity index (χ3v) is 2.69. The lowest BCUT2D eigenvalue weighted by molar-refractivity contribution is -0.138. The van der Waals surface area contributed by atoms with Crippen molar-refractivity contribution in [2.45, 2.75) is 19.9 Å². The van der Waals surface area contributed by atoms with Crippen molar-refractivity contribution in [3.05, 3.63) is 47.5 Å². The summed E-state index contributed by atoms with van der Waals surface area (Å²) in [6.07, 6.45) is 1.95. The van der Waals surface area contributed by atoms with Crippen LogP contribution < -0.4 is 0 Å². The minimum atomic E-state index is -0.156. The van der Waals surface area contributed by atoms with Crippen LogP contribution in [0.15, 0.2) is 42.0 Å². The molecule has 0 spiro atoms. The molecule has 0 bridgehead atoms. The van der Waals surface area contributed by atoms with Crippen molar-refractivity contribution in [2.24, 2.45) is 0 Å². The average molecular weight is 215 g/mol. The molecule has 2 amide bonds. The van der Waals surface area contributed by atoms with Crippen LogP contribution in [0.4, 0.5) is 0 Å². The van der Waals surface area contributed by atoms with E-state index >= 15 is 0 Å². The molecule has 0 N–H and O–H groups in total. The van der Waals surface area contributed by atoms with Gasteiger partial charge in [-0.1, -0.05) is 36.4 Å². The second kappa shape index (κ2) is 4.31. The van der Waals surface area contributed by atoms with Gasteiger partial charge < -0.3 is 0 Å². The lowest BCUT2D eigenvalue weighted by Gasteiger charge is -2.13. The fraction of sp³-hybridized carbons (Fsp3) is 0.231. The molecular formula is C13H13NO2. The summed E-state index contributed by atoms with van der Waals surface area (Å²) in [5.74, 6) is -0.265. The summed E-state index contributed by atoms with van der Waals surface area (Å²) in [7, 11) is 0. The minimum absolute atomic E-state index is 0.109. The van der Waals surface area contributed by atoms with Crippen molar-refractivity contribution in [2.75, 3.05) is 0 Å². The summed E-state index contributed by atoms with van der Waals surface area (Å²) in [5.41, 5.74) is 1.57. The summed E-state index contributed by atoms with van der Waals surface area (Å²) in [6.45, 7) is 2.16. The molecule has 1 heterocycles. The Morgan fingerprint density at radius 2 is 1.94 bits per heavy atom. The Morgan fingerprint density at radius 1 is 1.25 bits per heavy atom. The molecule has 3 nitrogen and oxygen atoms in total. The average Bonchev–Trinajstić information content (AvgIpc) is 2.58. The van der Waals surface area contributed by atoms with Crippen LogP contribution in [-0.2, 0) is 16.1 Å². The minimum Gasteiger partial charge on any atom is -0.274 e. The highest BCUT2D eigenvalue weighted by molar-refractivity contribution is 6.13. The smallest absolute Gasteiger partial charge is 0.256 e. The molecule has 1 aliphatic rings. The molecule has 1 aromatic rings. The topological polar surface area (TPSA) is 37.4 Å². The number of carbonyl (C=O) groups excluding carboxylic acids is 2. The van der Waals surface area contributed by atoms with Gasteiger partial charge in [-0.2, -0.15) is 0 Å². The highest BCUT2D eigenvalue weighted by atomic mass is 16.2. The zero-order valence-corrected chi connectivity index (χ0v) is 9.14. The Morgan fingerprint density at radius 3 is 2.50 bits per heavy atom. The third kappa shape index (κ3) is 1.89. The SMILES string of the molecule is C/C=C1\CC(=O)N(Cc2ccccc2)C1=O. The van der Waals surface area contributed by atoms with E-state index in [4.69, 9.17) is 0 Å². The van der Waals surface area contributed by atoms with Crippen LogP contribution in [0.2, 0.25) is 0 Å². The van der Waals surface area contributed by atoms with Gasteiger partial charge in [0, 0.05) is 5.57 Å². The molecule has 0 atom stereocenters. The summed E-state index contributed by atoms with van der Waals surface area (Å²) >= 11 is 0. The van der Waals surface area contributed by atoms with Crippen LogP contribution in [0.25, 0.3) is 0 Å². The van der Waals surface area contributed by atoms with E-state index in [1.54, 1.807) is 13.0 Å². The first-order valence-electron chi connectivity index (χ1n) is 5.26. The molecule has 1 fully saturated rings. The molecule has 82 valence electrons. The molecule has 0 aliphatic carbocycles. The van der Waals surface area contributed by atoms with Crippen LogP contribution in [0.5, 0.6) is 0 Å². The normalized spacial score (nSPS) is 18.6. The van der Waals surface area contributed by atoms with E-state index in [1.807, 2.05) is 30.3 Å². The van der Waals surface area contributed by atoms with Crippen molar-refractivity contribution in [1.82, 2.24) is 4.90 Å². The lowest BCUT2D eigenvalue weighted by Crippen LogP contribution is -2.28. The zero-order chi connectivity index (χ0) is 11.5. The highest BCUT2D eigenvalue weighted by Crippen LogP contribution is 2.20. The van der Waals surface area contributed by atoms with Crippen molar-refractivity contribution in [1.29, 1.82) is 0 Å². The summed E-state index contributed by atoms with van der Waals surface area (Å²) in [5, 5.41) is 0.